The van der Waals surface area contributed by atoms with Crippen molar-refractivity contribution < 1.29 is 9.13 Å². The third-order valence-electron chi connectivity index (χ3n) is 5.08. The summed E-state index contributed by atoms with van der Waals surface area (Å²) in [6.45, 7) is 9.90. The summed E-state index contributed by atoms with van der Waals surface area (Å²) < 4.78 is 22.4. The molecule has 1 atom stereocenters. The Labute approximate surface area is 153 Å². The van der Waals surface area contributed by atoms with Crippen molar-refractivity contribution in [3.8, 4) is 5.75 Å². The molecule has 6 heteroatoms. The van der Waals surface area contributed by atoms with Gasteiger partial charge in [0.2, 0.25) is 0 Å². The van der Waals surface area contributed by atoms with Crippen LogP contribution in [0.15, 0.2) is 18.3 Å². The van der Waals surface area contributed by atoms with Gasteiger partial charge >= 0.3 is 0 Å². The molecule has 136 valence electrons. The van der Waals surface area contributed by atoms with Crippen LogP contribution in [0.4, 0.5) is 4.39 Å². The minimum absolute atomic E-state index is 0.0956. The second-order valence-corrected chi connectivity index (χ2v) is 7.47. The van der Waals surface area contributed by atoms with E-state index in [4.69, 9.17) is 16.3 Å². The molecule has 1 aromatic heterocycles. The van der Waals surface area contributed by atoms with Crippen molar-refractivity contribution in [1.29, 1.82) is 0 Å². The van der Waals surface area contributed by atoms with Crippen molar-refractivity contribution in [1.82, 2.24) is 14.7 Å². The fourth-order valence-electron chi connectivity index (χ4n) is 3.46. The molecule has 1 unspecified atom stereocenters. The predicted octanol–water partition coefficient (Wildman–Crippen LogP) is 4.41. The van der Waals surface area contributed by atoms with E-state index in [-0.39, 0.29) is 22.8 Å². The summed E-state index contributed by atoms with van der Waals surface area (Å²) in [6, 6.07) is 3.97. The number of benzene rings is 1. The molecular weight excluding hydrogens is 341 g/mol. The highest BCUT2D eigenvalue weighted by atomic mass is 35.5. The summed E-state index contributed by atoms with van der Waals surface area (Å²) >= 11 is 6.23. The van der Waals surface area contributed by atoms with Gasteiger partial charge in [0.05, 0.1) is 23.9 Å². The molecule has 3 rings (SSSR count). The maximum atomic E-state index is 14.8. The van der Waals surface area contributed by atoms with Gasteiger partial charge < -0.3 is 4.74 Å². The first-order chi connectivity index (χ1) is 11.8. The standard InChI is InChI=1S/C19H25ClFN3O/c1-11(2)23-9-14(10-23)17-18(21)16(20)8-15(19(17)25-5)13(4)24-7-6-12(3)22-24/h6-8,11,13-14H,9-10H2,1-5H3. The molecular formula is C19H25ClFN3O. The highest BCUT2D eigenvalue weighted by Gasteiger charge is 2.36. The molecule has 0 bridgehead atoms. The van der Waals surface area contributed by atoms with Crippen molar-refractivity contribution in [3.63, 3.8) is 0 Å². The third-order valence-corrected chi connectivity index (χ3v) is 5.35. The summed E-state index contributed by atoms with van der Waals surface area (Å²) in [6.07, 6.45) is 1.92. The first-order valence-corrected chi connectivity index (χ1v) is 9.02. The number of likely N-dealkylation sites (tertiary alicyclic amines) is 1. The monoisotopic (exact) mass is 365 g/mol. The Morgan fingerprint density at radius 3 is 2.52 bits per heavy atom. The molecule has 1 aliphatic rings. The summed E-state index contributed by atoms with van der Waals surface area (Å²) in [4.78, 5) is 2.31. The van der Waals surface area contributed by atoms with Crippen LogP contribution in [0.3, 0.4) is 0 Å². The summed E-state index contributed by atoms with van der Waals surface area (Å²) in [5, 5.41) is 4.62. The van der Waals surface area contributed by atoms with Crippen molar-refractivity contribution >= 4 is 11.6 Å². The average molecular weight is 366 g/mol. The van der Waals surface area contributed by atoms with Crippen molar-refractivity contribution in [2.24, 2.45) is 0 Å². The number of hydrogen-bond acceptors (Lipinski definition) is 3. The lowest BCUT2D eigenvalue weighted by atomic mass is 9.87. The van der Waals surface area contributed by atoms with Gasteiger partial charge in [-0.25, -0.2) is 4.39 Å². The largest absolute Gasteiger partial charge is 0.496 e. The minimum Gasteiger partial charge on any atom is -0.496 e. The molecule has 0 aliphatic carbocycles. The molecule has 1 aromatic carbocycles. The van der Waals surface area contributed by atoms with Crippen LogP contribution >= 0.6 is 11.6 Å². The number of aromatic nitrogens is 2. The van der Waals surface area contributed by atoms with E-state index < -0.39 is 0 Å². The fourth-order valence-corrected chi connectivity index (χ4v) is 3.68. The van der Waals surface area contributed by atoms with E-state index >= 15 is 0 Å². The number of nitrogens with zero attached hydrogens (tertiary/aromatic N) is 3. The van der Waals surface area contributed by atoms with Gasteiger partial charge in [0.15, 0.2) is 0 Å². The second-order valence-electron chi connectivity index (χ2n) is 7.07. The van der Waals surface area contributed by atoms with Crippen LogP contribution in [0.25, 0.3) is 0 Å². The van der Waals surface area contributed by atoms with Gasteiger partial charge in [-0.05, 0) is 39.8 Å². The number of ether oxygens (including phenoxy) is 1. The molecule has 0 N–H and O–H groups in total. The Morgan fingerprint density at radius 2 is 2.00 bits per heavy atom. The molecule has 0 spiro atoms. The lowest BCUT2D eigenvalue weighted by Gasteiger charge is -2.43. The molecule has 2 aromatic rings. The fraction of sp³-hybridized carbons (Fsp3) is 0.526. The van der Waals surface area contributed by atoms with Gasteiger partial charge in [-0.15, -0.1) is 0 Å². The van der Waals surface area contributed by atoms with Gasteiger partial charge in [-0.1, -0.05) is 11.6 Å². The quantitative estimate of drug-likeness (QED) is 0.786. The maximum Gasteiger partial charge on any atom is 0.149 e. The Balaban J connectivity index is 2.02. The zero-order valence-electron chi connectivity index (χ0n) is 15.4. The molecule has 1 aliphatic heterocycles. The number of methoxy groups -OCH3 is 1. The Kier molecular flexibility index (Phi) is 5.07. The minimum atomic E-state index is -0.362. The molecule has 1 saturated heterocycles. The van der Waals surface area contributed by atoms with Gasteiger partial charge in [-0.3, -0.25) is 9.58 Å². The highest BCUT2D eigenvalue weighted by molar-refractivity contribution is 6.31. The molecule has 0 amide bonds. The van der Waals surface area contributed by atoms with Crippen LogP contribution in [0.5, 0.6) is 5.75 Å². The lowest BCUT2D eigenvalue weighted by molar-refractivity contribution is 0.106. The topological polar surface area (TPSA) is 30.3 Å². The molecule has 0 saturated carbocycles. The van der Waals surface area contributed by atoms with E-state index in [1.165, 1.54) is 0 Å². The predicted molar refractivity (Wildman–Crippen MR) is 98.2 cm³/mol. The van der Waals surface area contributed by atoms with Gasteiger partial charge in [0.1, 0.15) is 11.6 Å². The van der Waals surface area contributed by atoms with Crippen LogP contribution in [0.1, 0.15) is 49.6 Å². The third kappa shape index (κ3) is 3.27. The zero-order valence-corrected chi connectivity index (χ0v) is 16.1. The van der Waals surface area contributed by atoms with Crippen LogP contribution in [-0.4, -0.2) is 40.9 Å². The number of aryl methyl sites for hydroxylation is 1. The van der Waals surface area contributed by atoms with E-state index in [9.17, 15) is 4.39 Å². The number of hydrogen-bond donors (Lipinski definition) is 0. The maximum absolute atomic E-state index is 14.8. The van der Waals surface area contributed by atoms with E-state index in [0.717, 1.165) is 24.3 Å². The summed E-state index contributed by atoms with van der Waals surface area (Å²) in [5.74, 6) is 0.330. The first kappa shape index (κ1) is 18.2. The smallest absolute Gasteiger partial charge is 0.149 e. The van der Waals surface area contributed by atoms with E-state index in [1.54, 1.807) is 13.2 Å². The van der Waals surface area contributed by atoms with Crippen LogP contribution in [-0.2, 0) is 0 Å². The first-order valence-electron chi connectivity index (χ1n) is 8.65. The van der Waals surface area contributed by atoms with Gasteiger partial charge in [0, 0.05) is 42.4 Å². The normalized spacial score (nSPS) is 17.0. The van der Waals surface area contributed by atoms with E-state index in [0.29, 0.717) is 17.4 Å². The molecule has 25 heavy (non-hydrogen) atoms. The van der Waals surface area contributed by atoms with Gasteiger partial charge in [0.25, 0.3) is 0 Å². The molecule has 4 nitrogen and oxygen atoms in total. The summed E-state index contributed by atoms with van der Waals surface area (Å²) in [7, 11) is 1.59. The lowest BCUT2D eigenvalue weighted by Crippen LogP contribution is -2.49. The van der Waals surface area contributed by atoms with Crippen molar-refractivity contribution in [2.45, 2.75) is 45.7 Å². The molecule has 2 heterocycles. The van der Waals surface area contributed by atoms with Crippen LogP contribution < -0.4 is 4.74 Å². The average Bonchev–Trinajstić information content (AvgIpc) is 2.95. The van der Waals surface area contributed by atoms with Crippen molar-refractivity contribution in [3.05, 3.63) is 46.0 Å². The van der Waals surface area contributed by atoms with Crippen LogP contribution in [0, 0.1) is 12.7 Å². The molecule has 1 fully saturated rings. The van der Waals surface area contributed by atoms with Crippen LogP contribution in [0.2, 0.25) is 5.02 Å². The van der Waals surface area contributed by atoms with Gasteiger partial charge in [-0.2, -0.15) is 5.10 Å². The van der Waals surface area contributed by atoms with Crippen molar-refractivity contribution in [2.75, 3.05) is 20.2 Å². The van der Waals surface area contributed by atoms with E-state index in [2.05, 4.69) is 23.8 Å². The number of halogens is 2. The van der Waals surface area contributed by atoms with E-state index in [1.807, 2.05) is 30.8 Å². The summed E-state index contributed by atoms with van der Waals surface area (Å²) in [5.41, 5.74) is 2.39. The second kappa shape index (κ2) is 6.96. The number of rotatable bonds is 5. The SMILES string of the molecule is COc1c(C(C)n2ccc(C)n2)cc(Cl)c(F)c1C1CN(C(C)C)C1. The molecule has 0 radical (unpaired) electrons. The Morgan fingerprint density at radius 1 is 1.32 bits per heavy atom. The highest BCUT2D eigenvalue weighted by Crippen LogP contribution is 2.43. The Bertz CT molecular complexity index is 768. The Hall–Kier alpha value is -1.59. The zero-order chi connectivity index (χ0) is 18.3.